The van der Waals surface area contributed by atoms with Gasteiger partial charge in [0.15, 0.2) is 0 Å². The second-order valence-electron chi connectivity index (χ2n) is 5.10. The largest absolute Gasteiger partial charge is 0.340 e. The normalized spacial score (nSPS) is 19.3. The van der Waals surface area contributed by atoms with Gasteiger partial charge in [-0.05, 0) is 32.0 Å². The highest BCUT2D eigenvalue weighted by atomic mass is 35.5. The minimum Gasteiger partial charge on any atom is -0.340 e. The lowest BCUT2D eigenvalue weighted by molar-refractivity contribution is 0.0754. The van der Waals surface area contributed by atoms with E-state index in [9.17, 15) is 4.79 Å². The molecule has 6 heteroatoms. The van der Waals surface area contributed by atoms with Crippen LogP contribution in [0.1, 0.15) is 30.1 Å². The predicted octanol–water partition coefficient (Wildman–Crippen LogP) is 2.94. The Hall–Kier alpha value is -0.840. The van der Waals surface area contributed by atoms with Crippen molar-refractivity contribution < 1.29 is 4.79 Å². The fourth-order valence-electron chi connectivity index (χ4n) is 2.70. The van der Waals surface area contributed by atoms with E-state index in [4.69, 9.17) is 23.2 Å². The zero-order valence-electron chi connectivity index (χ0n) is 11.8. The highest BCUT2D eigenvalue weighted by Gasteiger charge is 2.26. The van der Waals surface area contributed by atoms with Crippen molar-refractivity contribution in [1.82, 2.24) is 14.8 Å². The number of carbonyl (C=O) groups excluding carboxylic acids is 1. The molecule has 1 aromatic heterocycles. The van der Waals surface area contributed by atoms with Crippen molar-refractivity contribution in [1.29, 1.82) is 0 Å². The van der Waals surface area contributed by atoms with Crippen LogP contribution in [-0.4, -0.2) is 53.4 Å². The average Bonchev–Trinajstić information content (AvgIpc) is 2.87. The topological polar surface area (TPSA) is 36.4 Å². The lowest BCUT2D eigenvalue weighted by Crippen LogP contribution is -2.41. The summed E-state index contributed by atoms with van der Waals surface area (Å²) >= 11 is 11.9. The smallest absolute Gasteiger partial charge is 0.255 e. The summed E-state index contributed by atoms with van der Waals surface area (Å²) in [6.45, 7) is 5.00. The van der Waals surface area contributed by atoms with Gasteiger partial charge in [0, 0.05) is 25.8 Å². The Bertz CT molecular complexity index is 495. The van der Waals surface area contributed by atoms with Crippen LogP contribution in [0.4, 0.5) is 0 Å². The molecule has 0 saturated carbocycles. The molecule has 1 unspecified atom stereocenters. The molecule has 0 N–H and O–H groups in total. The van der Waals surface area contributed by atoms with E-state index in [2.05, 4.69) is 16.8 Å². The van der Waals surface area contributed by atoms with Crippen LogP contribution >= 0.6 is 23.2 Å². The molecule has 0 aromatic carbocycles. The molecule has 0 spiro atoms. The van der Waals surface area contributed by atoms with E-state index in [-0.39, 0.29) is 11.1 Å². The zero-order chi connectivity index (χ0) is 14.7. The van der Waals surface area contributed by atoms with Crippen LogP contribution in [0, 0.1) is 0 Å². The third-order valence-electron chi connectivity index (χ3n) is 3.79. The van der Waals surface area contributed by atoms with Crippen molar-refractivity contribution in [3.63, 3.8) is 0 Å². The highest BCUT2D eigenvalue weighted by Crippen LogP contribution is 2.21. The average molecular weight is 316 g/mol. The van der Waals surface area contributed by atoms with Crippen molar-refractivity contribution in [2.24, 2.45) is 0 Å². The predicted molar refractivity (Wildman–Crippen MR) is 81.5 cm³/mol. The maximum Gasteiger partial charge on any atom is 0.255 e. The Labute approximate surface area is 129 Å². The molecule has 2 rings (SSSR count). The summed E-state index contributed by atoms with van der Waals surface area (Å²) in [6, 6.07) is 1.96. The number of nitrogens with zero attached hydrogens (tertiary/aromatic N) is 3. The van der Waals surface area contributed by atoms with Gasteiger partial charge in [-0.3, -0.25) is 9.69 Å². The quantitative estimate of drug-likeness (QED) is 0.801. The van der Waals surface area contributed by atoms with Crippen LogP contribution in [0.2, 0.25) is 10.2 Å². The molecule has 2 heterocycles. The summed E-state index contributed by atoms with van der Waals surface area (Å²) in [5.41, 5.74) is 0.412. The standard InChI is InChI=1S/C14H19Cl2N3O/c1-3-19-6-4-5-10(19)9-18(2)14(20)11-7-13(16)17-8-12(11)15/h7-8,10H,3-6,9H2,1-2H3. The molecular weight excluding hydrogens is 297 g/mol. The number of carbonyl (C=O) groups is 1. The molecule has 4 nitrogen and oxygen atoms in total. The maximum absolute atomic E-state index is 12.4. The third kappa shape index (κ3) is 3.43. The summed E-state index contributed by atoms with van der Waals surface area (Å²) in [5, 5.41) is 0.618. The molecule has 1 saturated heterocycles. The molecule has 20 heavy (non-hydrogen) atoms. The molecule has 1 fully saturated rings. The lowest BCUT2D eigenvalue weighted by atomic mass is 10.2. The van der Waals surface area contributed by atoms with Gasteiger partial charge in [0.25, 0.3) is 5.91 Å². The minimum absolute atomic E-state index is 0.109. The van der Waals surface area contributed by atoms with Crippen molar-refractivity contribution >= 4 is 29.1 Å². The van der Waals surface area contributed by atoms with E-state index in [0.717, 1.165) is 19.5 Å². The number of hydrogen-bond acceptors (Lipinski definition) is 3. The highest BCUT2D eigenvalue weighted by molar-refractivity contribution is 6.35. The molecule has 1 aliphatic rings. The second kappa shape index (κ2) is 6.74. The molecule has 0 bridgehead atoms. The molecule has 0 aliphatic carbocycles. The molecule has 1 aromatic rings. The molecular formula is C14H19Cl2N3O. The number of likely N-dealkylation sites (tertiary alicyclic amines) is 1. The molecule has 1 atom stereocenters. The Morgan fingerprint density at radius 1 is 1.55 bits per heavy atom. The van der Waals surface area contributed by atoms with Crippen LogP contribution in [0.15, 0.2) is 12.3 Å². The van der Waals surface area contributed by atoms with E-state index in [0.29, 0.717) is 23.2 Å². The monoisotopic (exact) mass is 315 g/mol. The van der Waals surface area contributed by atoms with E-state index < -0.39 is 0 Å². The summed E-state index contributed by atoms with van der Waals surface area (Å²) in [7, 11) is 1.80. The van der Waals surface area contributed by atoms with Gasteiger partial charge in [0.05, 0.1) is 10.6 Å². The van der Waals surface area contributed by atoms with Crippen LogP contribution < -0.4 is 0 Å². The molecule has 1 aliphatic heterocycles. The summed E-state index contributed by atoms with van der Waals surface area (Å²) in [5.74, 6) is -0.109. The first-order chi connectivity index (χ1) is 9.52. The number of halogens is 2. The number of aromatic nitrogens is 1. The van der Waals surface area contributed by atoms with Crippen LogP contribution in [0.3, 0.4) is 0 Å². The van der Waals surface area contributed by atoms with E-state index in [1.54, 1.807) is 11.9 Å². The Morgan fingerprint density at radius 3 is 3.00 bits per heavy atom. The van der Waals surface area contributed by atoms with Crippen molar-refractivity contribution in [2.75, 3.05) is 26.7 Å². The third-order valence-corrected chi connectivity index (χ3v) is 4.30. The van der Waals surface area contributed by atoms with Crippen molar-refractivity contribution in [3.8, 4) is 0 Å². The molecule has 110 valence electrons. The summed E-state index contributed by atoms with van der Waals surface area (Å²) in [6.07, 6.45) is 3.75. The second-order valence-corrected chi connectivity index (χ2v) is 5.89. The first-order valence-electron chi connectivity index (χ1n) is 6.83. The van der Waals surface area contributed by atoms with Gasteiger partial charge in [-0.1, -0.05) is 30.1 Å². The Kier molecular flexibility index (Phi) is 5.24. The number of hydrogen-bond donors (Lipinski definition) is 0. The Morgan fingerprint density at radius 2 is 2.30 bits per heavy atom. The number of rotatable bonds is 4. The van der Waals surface area contributed by atoms with E-state index >= 15 is 0 Å². The van der Waals surface area contributed by atoms with Gasteiger partial charge in [-0.2, -0.15) is 0 Å². The first-order valence-corrected chi connectivity index (χ1v) is 7.59. The van der Waals surface area contributed by atoms with Crippen LogP contribution in [0.5, 0.6) is 0 Å². The minimum atomic E-state index is -0.109. The van der Waals surface area contributed by atoms with E-state index in [1.807, 2.05) is 0 Å². The van der Waals surface area contributed by atoms with E-state index in [1.165, 1.54) is 18.7 Å². The van der Waals surface area contributed by atoms with Gasteiger partial charge < -0.3 is 4.90 Å². The van der Waals surface area contributed by atoms with Crippen LogP contribution in [0.25, 0.3) is 0 Å². The first kappa shape index (κ1) is 15.5. The fourth-order valence-corrected chi connectivity index (χ4v) is 3.04. The lowest BCUT2D eigenvalue weighted by Gasteiger charge is -2.28. The zero-order valence-corrected chi connectivity index (χ0v) is 13.3. The SMILES string of the molecule is CCN1CCCC1CN(C)C(=O)c1cc(Cl)ncc1Cl. The fraction of sp³-hybridized carbons (Fsp3) is 0.571. The van der Waals surface area contributed by atoms with Gasteiger partial charge in [0.2, 0.25) is 0 Å². The number of amides is 1. The van der Waals surface area contributed by atoms with Gasteiger partial charge in [0.1, 0.15) is 5.15 Å². The summed E-state index contributed by atoms with van der Waals surface area (Å²) < 4.78 is 0. The Balaban J connectivity index is 2.07. The van der Waals surface area contributed by atoms with Crippen molar-refractivity contribution in [3.05, 3.63) is 28.0 Å². The van der Waals surface area contributed by atoms with Crippen molar-refractivity contribution in [2.45, 2.75) is 25.8 Å². The molecule has 0 radical (unpaired) electrons. The number of pyridine rings is 1. The maximum atomic E-state index is 12.4. The van der Waals surface area contributed by atoms with Gasteiger partial charge in [-0.15, -0.1) is 0 Å². The van der Waals surface area contributed by atoms with Gasteiger partial charge >= 0.3 is 0 Å². The van der Waals surface area contributed by atoms with Crippen LogP contribution in [-0.2, 0) is 0 Å². The molecule has 1 amide bonds. The van der Waals surface area contributed by atoms with Gasteiger partial charge in [-0.25, -0.2) is 4.98 Å². The number of likely N-dealkylation sites (N-methyl/N-ethyl adjacent to an activating group) is 2. The summed E-state index contributed by atoms with van der Waals surface area (Å²) in [4.78, 5) is 20.4.